The summed E-state index contributed by atoms with van der Waals surface area (Å²) in [7, 11) is 0. The molecule has 2 aromatic heterocycles. The largest absolute Gasteiger partial charge is 0.369 e. The van der Waals surface area contributed by atoms with Crippen LogP contribution in [0, 0.1) is 0 Å². The van der Waals surface area contributed by atoms with Crippen molar-refractivity contribution in [3.63, 3.8) is 0 Å². The van der Waals surface area contributed by atoms with Crippen LogP contribution in [0.25, 0.3) is 9.88 Å². The Hall–Kier alpha value is -0.270. The van der Waals surface area contributed by atoms with E-state index >= 15 is 0 Å². The number of morpholine rings is 1. The maximum atomic E-state index is 5.69. The summed E-state index contributed by atoms with van der Waals surface area (Å²) in [6, 6.07) is 4.15. The molecule has 2 aromatic rings. The topological polar surface area (TPSA) is 34.2 Å². The zero-order valence-corrected chi connectivity index (χ0v) is 12.2. The van der Waals surface area contributed by atoms with Gasteiger partial charge in [0.2, 0.25) is 0 Å². The quantitative estimate of drug-likeness (QED) is 0.917. The summed E-state index contributed by atoms with van der Waals surface area (Å²) in [5, 5.41) is 6.49. The third-order valence-corrected chi connectivity index (χ3v) is 5.22. The first-order chi connectivity index (χ1) is 8.33. The van der Waals surface area contributed by atoms with Crippen molar-refractivity contribution in [3.05, 3.63) is 27.0 Å². The Labute approximate surface area is 116 Å². The summed E-state index contributed by atoms with van der Waals surface area (Å²) in [6.07, 6.45) is 0.108. The maximum absolute atomic E-state index is 5.69. The minimum atomic E-state index is 0.108. The van der Waals surface area contributed by atoms with Gasteiger partial charge in [-0.05, 0) is 28.1 Å². The first-order valence-electron chi connectivity index (χ1n) is 5.36. The summed E-state index contributed by atoms with van der Waals surface area (Å²) in [6.45, 7) is 2.56. The molecule has 0 radical (unpaired) electrons. The van der Waals surface area contributed by atoms with Crippen molar-refractivity contribution < 1.29 is 4.74 Å². The molecule has 1 N–H and O–H groups in total. The van der Waals surface area contributed by atoms with Crippen molar-refractivity contribution in [2.45, 2.75) is 6.10 Å². The van der Waals surface area contributed by atoms with E-state index in [1.165, 1.54) is 4.88 Å². The van der Waals surface area contributed by atoms with Crippen LogP contribution in [0.15, 0.2) is 21.3 Å². The number of nitrogens with one attached hydrogen (secondary N) is 1. The van der Waals surface area contributed by atoms with E-state index in [1.54, 1.807) is 22.7 Å². The third kappa shape index (κ3) is 2.61. The third-order valence-electron chi connectivity index (χ3n) is 2.56. The molecule has 0 saturated carbocycles. The number of aromatic nitrogens is 1. The van der Waals surface area contributed by atoms with Crippen molar-refractivity contribution in [3.8, 4) is 9.88 Å². The second kappa shape index (κ2) is 5.16. The molecule has 1 aliphatic heterocycles. The number of thiophene rings is 1. The molecule has 1 fully saturated rings. The molecule has 90 valence electrons. The van der Waals surface area contributed by atoms with Gasteiger partial charge in [0.15, 0.2) is 0 Å². The van der Waals surface area contributed by atoms with E-state index in [-0.39, 0.29) is 6.10 Å². The Bertz CT molecular complexity index is 505. The Morgan fingerprint density at radius 1 is 1.47 bits per heavy atom. The summed E-state index contributed by atoms with van der Waals surface area (Å²) >= 11 is 6.86. The molecular weight excluding hydrogens is 320 g/mol. The van der Waals surface area contributed by atoms with E-state index in [4.69, 9.17) is 4.74 Å². The molecule has 3 nitrogen and oxygen atoms in total. The van der Waals surface area contributed by atoms with Gasteiger partial charge in [0.05, 0.1) is 21.0 Å². The van der Waals surface area contributed by atoms with Crippen molar-refractivity contribution in [1.82, 2.24) is 10.3 Å². The number of rotatable bonds is 2. The highest BCUT2D eigenvalue weighted by Gasteiger charge is 2.19. The van der Waals surface area contributed by atoms with Crippen LogP contribution in [0.2, 0.25) is 0 Å². The minimum absolute atomic E-state index is 0.108. The van der Waals surface area contributed by atoms with Crippen LogP contribution in [0.1, 0.15) is 11.8 Å². The van der Waals surface area contributed by atoms with Gasteiger partial charge in [0.25, 0.3) is 0 Å². The first-order valence-corrected chi connectivity index (χ1v) is 7.85. The van der Waals surface area contributed by atoms with Crippen LogP contribution in [0.4, 0.5) is 0 Å². The molecule has 1 atom stereocenters. The van der Waals surface area contributed by atoms with E-state index in [1.807, 2.05) is 0 Å². The normalized spacial score (nSPS) is 20.6. The predicted molar refractivity (Wildman–Crippen MR) is 74.7 cm³/mol. The molecular formula is C11H11BrN2OS2. The average Bonchev–Trinajstić information content (AvgIpc) is 2.98. The molecule has 1 unspecified atom stereocenters. The predicted octanol–water partition coefficient (Wildman–Crippen LogP) is 3.30. The lowest BCUT2D eigenvalue weighted by atomic mass is 10.2. The van der Waals surface area contributed by atoms with Crippen molar-refractivity contribution in [1.29, 1.82) is 0 Å². The number of nitrogens with zero attached hydrogens (tertiary/aromatic N) is 1. The van der Waals surface area contributed by atoms with Gasteiger partial charge in [-0.2, -0.15) is 0 Å². The molecule has 3 heterocycles. The van der Waals surface area contributed by atoms with Crippen LogP contribution in [-0.4, -0.2) is 24.7 Å². The fraction of sp³-hybridized carbons (Fsp3) is 0.364. The molecule has 17 heavy (non-hydrogen) atoms. The van der Waals surface area contributed by atoms with Crippen molar-refractivity contribution >= 4 is 38.6 Å². The number of hydrogen-bond donors (Lipinski definition) is 1. The van der Waals surface area contributed by atoms with E-state index in [0.29, 0.717) is 0 Å². The minimum Gasteiger partial charge on any atom is -0.369 e. The highest BCUT2D eigenvalue weighted by Crippen LogP contribution is 2.34. The molecule has 0 amide bonds. The van der Waals surface area contributed by atoms with Gasteiger partial charge in [-0.15, -0.1) is 22.7 Å². The summed E-state index contributed by atoms with van der Waals surface area (Å²) in [5.41, 5.74) is 1.04. The monoisotopic (exact) mass is 330 g/mol. The summed E-state index contributed by atoms with van der Waals surface area (Å²) in [4.78, 5) is 5.87. The number of thiazole rings is 1. The van der Waals surface area contributed by atoms with E-state index in [9.17, 15) is 0 Å². The van der Waals surface area contributed by atoms with Gasteiger partial charge in [-0.3, -0.25) is 0 Å². The lowest BCUT2D eigenvalue weighted by Gasteiger charge is -2.21. The molecule has 6 heteroatoms. The molecule has 0 bridgehead atoms. The Morgan fingerprint density at radius 2 is 2.41 bits per heavy atom. The van der Waals surface area contributed by atoms with Crippen molar-refractivity contribution in [2.24, 2.45) is 0 Å². The fourth-order valence-corrected chi connectivity index (χ4v) is 4.05. The fourth-order valence-electron chi connectivity index (χ4n) is 1.73. The number of ether oxygens (including phenoxy) is 1. The second-order valence-electron chi connectivity index (χ2n) is 3.74. The Kier molecular flexibility index (Phi) is 3.58. The van der Waals surface area contributed by atoms with E-state index < -0.39 is 0 Å². The zero-order valence-electron chi connectivity index (χ0n) is 8.98. The van der Waals surface area contributed by atoms with Gasteiger partial charge < -0.3 is 10.1 Å². The van der Waals surface area contributed by atoms with Gasteiger partial charge in [-0.25, -0.2) is 4.98 Å². The highest BCUT2D eigenvalue weighted by molar-refractivity contribution is 9.11. The molecule has 1 aliphatic rings. The Balaban J connectivity index is 1.82. The van der Waals surface area contributed by atoms with Gasteiger partial charge >= 0.3 is 0 Å². The second-order valence-corrected chi connectivity index (χ2v) is 7.07. The average molecular weight is 331 g/mol. The van der Waals surface area contributed by atoms with Crippen molar-refractivity contribution in [2.75, 3.05) is 19.7 Å². The number of halogens is 1. The number of hydrogen-bond acceptors (Lipinski definition) is 5. The highest BCUT2D eigenvalue weighted by atomic mass is 79.9. The molecule has 0 aromatic carbocycles. The summed E-state index contributed by atoms with van der Waals surface area (Å²) in [5.74, 6) is 0. The zero-order chi connectivity index (χ0) is 11.7. The van der Waals surface area contributed by atoms with E-state index in [2.05, 4.69) is 43.7 Å². The molecule has 0 aliphatic carbocycles. The van der Waals surface area contributed by atoms with Crippen LogP contribution < -0.4 is 5.32 Å². The maximum Gasteiger partial charge on any atom is 0.133 e. The molecule has 0 spiro atoms. The lowest BCUT2D eigenvalue weighted by Crippen LogP contribution is -2.33. The SMILES string of the molecule is Brc1ccc(-c2nc(C3CNCCO3)cs2)s1. The Morgan fingerprint density at radius 3 is 3.12 bits per heavy atom. The summed E-state index contributed by atoms with van der Waals surface area (Å²) < 4.78 is 6.83. The van der Waals surface area contributed by atoms with Crippen LogP contribution in [-0.2, 0) is 4.74 Å². The van der Waals surface area contributed by atoms with Crippen LogP contribution in [0.3, 0.4) is 0 Å². The van der Waals surface area contributed by atoms with Crippen LogP contribution >= 0.6 is 38.6 Å². The standard InChI is InChI=1S/C11H11BrN2OS2/c12-10-2-1-9(17-10)11-14-7(6-16-11)8-5-13-3-4-15-8/h1-2,6,8,13H,3-5H2. The van der Waals surface area contributed by atoms with Gasteiger partial charge in [-0.1, -0.05) is 0 Å². The molecule has 1 saturated heterocycles. The lowest BCUT2D eigenvalue weighted by molar-refractivity contribution is 0.0254. The first kappa shape index (κ1) is 11.8. The van der Waals surface area contributed by atoms with Gasteiger partial charge in [0.1, 0.15) is 11.1 Å². The molecule has 3 rings (SSSR count). The van der Waals surface area contributed by atoms with Crippen LogP contribution in [0.5, 0.6) is 0 Å². The smallest absolute Gasteiger partial charge is 0.133 e. The van der Waals surface area contributed by atoms with Gasteiger partial charge in [0, 0.05) is 18.5 Å². The van der Waals surface area contributed by atoms with E-state index in [0.717, 1.165) is 34.2 Å².